The van der Waals surface area contributed by atoms with Crippen LogP contribution in [0.25, 0.3) is 0 Å². The fourth-order valence-corrected chi connectivity index (χ4v) is 2.46. The highest BCUT2D eigenvalue weighted by molar-refractivity contribution is 5.38. The van der Waals surface area contributed by atoms with Crippen LogP contribution in [0.1, 0.15) is 11.1 Å². The molecule has 0 spiro atoms. The van der Waals surface area contributed by atoms with Gasteiger partial charge in [0.25, 0.3) is 5.69 Å². The van der Waals surface area contributed by atoms with Gasteiger partial charge in [0.2, 0.25) is 0 Å². The molecule has 1 heterocycles. The number of nitrogens with zero attached hydrogens (tertiary/aromatic N) is 1. The van der Waals surface area contributed by atoms with E-state index in [0.717, 1.165) is 12.1 Å². The Balaban J connectivity index is 1.88. The molecule has 0 unspecified atom stereocenters. The molecule has 2 aromatic carbocycles. The number of nitro benzene ring substituents is 1. The zero-order valence-corrected chi connectivity index (χ0v) is 12.5. The average molecular weight is 357 g/mol. The van der Waals surface area contributed by atoms with E-state index in [1.54, 1.807) is 0 Å². The van der Waals surface area contributed by atoms with Gasteiger partial charge in [-0.3, -0.25) is 10.1 Å². The molecule has 0 radical (unpaired) electrons. The zero-order valence-electron chi connectivity index (χ0n) is 12.5. The second-order valence-electron chi connectivity index (χ2n) is 5.53. The Morgan fingerprint density at radius 1 is 1.12 bits per heavy atom. The zero-order chi connectivity index (χ0) is 18.2. The molecule has 0 saturated carbocycles. The number of benzene rings is 2. The van der Waals surface area contributed by atoms with Crippen LogP contribution in [-0.4, -0.2) is 18.1 Å². The summed E-state index contributed by atoms with van der Waals surface area (Å²) in [4.78, 5) is 10.1. The molecule has 3 rings (SSSR count). The van der Waals surface area contributed by atoms with Crippen molar-refractivity contribution in [3.63, 3.8) is 0 Å². The summed E-state index contributed by atoms with van der Waals surface area (Å²) < 4.78 is 62.7. The van der Waals surface area contributed by atoms with Crippen LogP contribution in [0.15, 0.2) is 42.5 Å². The number of alkyl halides is 3. The number of hydrogen-bond acceptors (Lipinski definition) is 4. The third-order valence-electron chi connectivity index (χ3n) is 3.83. The molecule has 0 amide bonds. The first-order valence-electron chi connectivity index (χ1n) is 7.10. The topological polar surface area (TPSA) is 61.6 Å². The van der Waals surface area contributed by atoms with Crippen LogP contribution in [0, 0.1) is 15.9 Å². The van der Waals surface area contributed by atoms with Gasteiger partial charge in [-0.25, -0.2) is 4.39 Å². The minimum atomic E-state index is -4.79. The highest BCUT2D eigenvalue weighted by atomic mass is 19.4. The third-order valence-corrected chi connectivity index (χ3v) is 3.83. The van der Waals surface area contributed by atoms with Gasteiger partial charge in [0, 0.05) is 17.7 Å². The minimum Gasteiger partial charge on any atom is -0.478 e. The lowest BCUT2D eigenvalue weighted by atomic mass is 9.90. The third kappa shape index (κ3) is 3.27. The van der Waals surface area contributed by atoms with Crippen LogP contribution in [-0.2, 0) is 16.5 Å². The molecule has 1 fully saturated rings. The molecule has 0 N–H and O–H groups in total. The highest BCUT2D eigenvalue weighted by Crippen LogP contribution is 2.38. The predicted molar refractivity (Wildman–Crippen MR) is 77.6 cm³/mol. The monoisotopic (exact) mass is 357 g/mol. The molecule has 132 valence electrons. The standard InChI is InChI=1S/C16H11F4NO4/c17-14-7-10(1-6-13(14)16(18,19)20)15(8-24-9-15)25-12-4-2-11(3-5-12)21(22)23/h1-7H,8-9H2. The molecule has 1 aliphatic heterocycles. The van der Waals surface area contributed by atoms with E-state index in [-0.39, 0.29) is 30.2 Å². The number of non-ortho nitro benzene ring substituents is 1. The molecule has 0 aliphatic carbocycles. The van der Waals surface area contributed by atoms with E-state index in [9.17, 15) is 27.7 Å². The number of hydrogen-bond donors (Lipinski definition) is 0. The van der Waals surface area contributed by atoms with Crippen molar-refractivity contribution >= 4 is 5.69 Å². The Kier molecular flexibility index (Phi) is 4.11. The van der Waals surface area contributed by atoms with Crippen LogP contribution < -0.4 is 4.74 Å². The lowest BCUT2D eigenvalue weighted by Crippen LogP contribution is -2.51. The van der Waals surface area contributed by atoms with Crippen molar-refractivity contribution in [3.05, 3.63) is 69.5 Å². The summed E-state index contributed by atoms with van der Waals surface area (Å²) in [6, 6.07) is 7.75. The summed E-state index contributed by atoms with van der Waals surface area (Å²) in [6.07, 6.45) is -4.79. The second kappa shape index (κ2) is 5.99. The van der Waals surface area contributed by atoms with E-state index in [1.807, 2.05) is 0 Å². The predicted octanol–water partition coefficient (Wildman–Crippen LogP) is 4.06. The quantitative estimate of drug-likeness (QED) is 0.470. The summed E-state index contributed by atoms with van der Waals surface area (Å²) in [5.74, 6) is -1.14. The number of halogens is 4. The maximum atomic E-state index is 13.8. The molecular formula is C16H11F4NO4. The SMILES string of the molecule is O=[N+]([O-])c1ccc(OC2(c3ccc(C(F)(F)F)c(F)c3)COC2)cc1. The van der Waals surface area contributed by atoms with Crippen LogP contribution >= 0.6 is 0 Å². The fraction of sp³-hybridized carbons (Fsp3) is 0.250. The maximum absolute atomic E-state index is 13.8. The van der Waals surface area contributed by atoms with Gasteiger partial charge in [0.15, 0.2) is 5.60 Å². The summed E-state index contributed by atoms with van der Waals surface area (Å²) >= 11 is 0. The van der Waals surface area contributed by atoms with E-state index in [4.69, 9.17) is 9.47 Å². The van der Waals surface area contributed by atoms with Crippen molar-refractivity contribution in [2.45, 2.75) is 11.8 Å². The van der Waals surface area contributed by atoms with Gasteiger partial charge in [0.1, 0.15) is 11.6 Å². The second-order valence-corrected chi connectivity index (χ2v) is 5.53. The van der Waals surface area contributed by atoms with Crippen LogP contribution in [0.3, 0.4) is 0 Å². The van der Waals surface area contributed by atoms with Crippen molar-refractivity contribution in [1.29, 1.82) is 0 Å². The van der Waals surface area contributed by atoms with E-state index < -0.39 is 28.1 Å². The molecule has 25 heavy (non-hydrogen) atoms. The van der Waals surface area contributed by atoms with Crippen molar-refractivity contribution in [1.82, 2.24) is 0 Å². The smallest absolute Gasteiger partial charge is 0.419 e. The van der Waals surface area contributed by atoms with Gasteiger partial charge in [-0.1, -0.05) is 6.07 Å². The van der Waals surface area contributed by atoms with E-state index >= 15 is 0 Å². The first-order chi connectivity index (χ1) is 11.7. The molecular weight excluding hydrogens is 346 g/mol. The van der Waals surface area contributed by atoms with Gasteiger partial charge in [-0.2, -0.15) is 13.2 Å². The van der Waals surface area contributed by atoms with Crippen molar-refractivity contribution in [3.8, 4) is 5.75 Å². The Labute approximate surface area is 138 Å². The first-order valence-corrected chi connectivity index (χ1v) is 7.10. The van der Waals surface area contributed by atoms with E-state index in [2.05, 4.69) is 0 Å². The Bertz CT molecular complexity index is 801. The van der Waals surface area contributed by atoms with Crippen LogP contribution in [0.2, 0.25) is 0 Å². The van der Waals surface area contributed by atoms with Gasteiger partial charge >= 0.3 is 6.18 Å². The molecule has 0 atom stereocenters. The average Bonchev–Trinajstić information content (AvgIpc) is 2.50. The lowest BCUT2D eigenvalue weighted by molar-refractivity contribution is -0.384. The van der Waals surface area contributed by atoms with E-state index in [0.29, 0.717) is 6.07 Å². The van der Waals surface area contributed by atoms with Crippen LogP contribution in [0.5, 0.6) is 5.75 Å². The Hall–Kier alpha value is -2.68. The fourth-order valence-electron chi connectivity index (χ4n) is 2.46. The van der Waals surface area contributed by atoms with Gasteiger partial charge in [-0.15, -0.1) is 0 Å². The number of ether oxygens (including phenoxy) is 2. The molecule has 1 aliphatic rings. The highest BCUT2D eigenvalue weighted by Gasteiger charge is 2.44. The molecule has 1 saturated heterocycles. The molecule has 9 heteroatoms. The van der Waals surface area contributed by atoms with Crippen molar-refractivity contribution in [2.24, 2.45) is 0 Å². The molecule has 0 aromatic heterocycles. The largest absolute Gasteiger partial charge is 0.478 e. The van der Waals surface area contributed by atoms with E-state index in [1.165, 1.54) is 24.3 Å². The molecule has 2 aromatic rings. The summed E-state index contributed by atoms with van der Waals surface area (Å²) in [6.45, 7) is 0.0452. The summed E-state index contributed by atoms with van der Waals surface area (Å²) in [5, 5.41) is 10.6. The summed E-state index contributed by atoms with van der Waals surface area (Å²) in [5.41, 5.74) is -2.43. The van der Waals surface area contributed by atoms with Crippen molar-refractivity contribution < 1.29 is 32.0 Å². The first kappa shape index (κ1) is 17.2. The number of nitro groups is 1. The van der Waals surface area contributed by atoms with Gasteiger partial charge < -0.3 is 9.47 Å². The lowest BCUT2D eigenvalue weighted by Gasteiger charge is -2.41. The van der Waals surface area contributed by atoms with Crippen molar-refractivity contribution in [2.75, 3.05) is 13.2 Å². The minimum absolute atomic E-state index is 0.0226. The maximum Gasteiger partial charge on any atom is 0.419 e. The Morgan fingerprint density at radius 2 is 1.76 bits per heavy atom. The summed E-state index contributed by atoms with van der Waals surface area (Å²) in [7, 11) is 0. The van der Waals surface area contributed by atoms with Gasteiger partial charge in [0.05, 0.1) is 23.7 Å². The Morgan fingerprint density at radius 3 is 2.20 bits per heavy atom. The molecule has 0 bridgehead atoms. The van der Waals surface area contributed by atoms with Crippen LogP contribution in [0.4, 0.5) is 23.2 Å². The van der Waals surface area contributed by atoms with Gasteiger partial charge in [-0.05, 0) is 24.3 Å². The normalized spacial score (nSPS) is 16.2. The number of rotatable bonds is 4. The molecule has 5 nitrogen and oxygen atoms in total.